The number of hydrogen-bond acceptors (Lipinski definition) is 3. The standard InChI is InChI=1S/C14H20N2O2/c15-8-12-4-2-1-3-11(12)7-13(18)16-9-14(10-17)5-6-14/h1-4,17H,5-10,15H2,(H,16,18). The molecule has 0 aromatic heterocycles. The third-order valence-electron chi connectivity index (χ3n) is 3.64. The van der Waals surface area contributed by atoms with E-state index in [1.54, 1.807) is 0 Å². The van der Waals surface area contributed by atoms with E-state index in [4.69, 9.17) is 5.73 Å². The average Bonchev–Trinajstić information content (AvgIpc) is 3.18. The molecular formula is C14H20N2O2. The molecule has 0 spiro atoms. The van der Waals surface area contributed by atoms with Crippen LogP contribution >= 0.6 is 0 Å². The Kier molecular flexibility index (Phi) is 3.99. The zero-order valence-corrected chi connectivity index (χ0v) is 10.5. The number of aliphatic hydroxyl groups excluding tert-OH is 1. The lowest BCUT2D eigenvalue weighted by Crippen LogP contribution is -2.33. The molecule has 1 aromatic carbocycles. The van der Waals surface area contributed by atoms with Crippen molar-refractivity contribution in [2.24, 2.45) is 11.1 Å². The van der Waals surface area contributed by atoms with Gasteiger partial charge in [0, 0.05) is 18.5 Å². The summed E-state index contributed by atoms with van der Waals surface area (Å²) in [5.41, 5.74) is 7.59. The van der Waals surface area contributed by atoms with E-state index in [9.17, 15) is 9.90 Å². The molecule has 1 aliphatic carbocycles. The van der Waals surface area contributed by atoms with E-state index in [0.29, 0.717) is 19.5 Å². The fourth-order valence-corrected chi connectivity index (χ4v) is 2.02. The van der Waals surface area contributed by atoms with Gasteiger partial charge in [-0.2, -0.15) is 0 Å². The second-order valence-electron chi connectivity index (χ2n) is 5.08. The van der Waals surface area contributed by atoms with E-state index in [2.05, 4.69) is 5.32 Å². The highest BCUT2D eigenvalue weighted by Crippen LogP contribution is 2.44. The summed E-state index contributed by atoms with van der Waals surface area (Å²) in [4.78, 5) is 11.8. The quantitative estimate of drug-likeness (QED) is 0.689. The van der Waals surface area contributed by atoms with Crippen molar-refractivity contribution in [3.63, 3.8) is 0 Å². The van der Waals surface area contributed by atoms with Gasteiger partial charge < -0.3 is 16.2 Å². The first kappa shape index (κ1) is 13.1. The van der Waals surface area contributed by atoms with Gasteiger partial charge >= 0.3 is 0 Å². The van der Waals surface area contributed by atoms with Crippen LogP contribution in [-0.2, 0) is 17.8 Å². The minimum absolute atomic E-state index is 0.00405. The van der Waals surface area contributed by atoms with Crippen molar-refractivity contribution in [3.8, 4) is 0 Å². The molecule has 1 aliphatic rings. The summed E-state index contributed by atoms with van der Waals surface area (Å²) in [7, 11) is 0. The molecule has 1 aromatic rings. The van der Waals surface area contributed by atoms with E-state index in [-0.39, 0.29) is 17.9 Å². The molecule has 1 fully saturated rings. The monoisotopic (exact) mass is 248 g/mol. The maximum absolute atomic E-state index is 11.8. The van der Waals surface area contributed by atoms with Gasteiger partial charge in [-0.3, -0.25) is 4.79 Å². The predicted octanol–water partition coefficient (Wildman–Crippen LogP) is 0.576. The largest absolute Gasteiger partial charge is 0.396 e. The number of hydrogen-bond donors (Lipinski definition) is 3. The molecule has 0 aliphatic heterocycles. The summed E-state index contributed by atoms with van der Waals surface area (Å²) in [5, 5.41) is 12.1. The molecule has 0 radical (unpaired) electrons. The average molecular weight is 248 g/mol. The van der Waals surface area contributed by atoms with Crippen molar-refractivity contribution in [2.75, 3.05) is 13.2 Å². The van der Waals surface area contributed by atoms with Gasteiger partial charge in [-0.1, -0.05) is 24.3 Å². The van der Waals surface area contributed by atoms with E-state index >= 15 is 0 Å². The topological polar surface area (TPSA) is 75.4 Å². The van der Waals surface area contributed by atoms with Gasteiger partial charge in [0.15, 0.2) is 0 Å². The van der Waals surface area contributed by atoms with Crippen LogP contribution in [0.5, 0.6) is 0 Å². The van der Waals surface area contributed by atoms with Crippen LogP contribution in [0.2, 0.25) is 0 Å². The summed E-state index contributed by atoms with van der Waals surface area (Å²) < 4.78 is 0. The Balaban J connectivity index is 1.87. The van der Waals surface area contributed by atoms with Crippen LogP contribution in [-0.4, -0.2) is 24.2 Å². The molecule has 4 heteroatoms. The van der Waals surface area contributed by atoms with Crippen molar-refractivity contribution in [3.05, 3.63) is 35.4 Å². The summed E-state index contributed by atoms with van der Waals surface area (Å²) in [6, 6.07) is 7.71. The minimum atomic E-state index is -0.0386. The first-order chi connectivity index (χ1) is 8.69. The van der Waals surface area contributed by atoms with Gasteiger partial charge in [-0.15, -0.1) is 0 Å². The van der Waals surface area contributed by atoms with Crippen molar-refractivity contribution in [2.45, 2.75) is 25.8 Å². The summed E-state index contributed by atoms with van der Waals surface area (Å²) in [6.45, 7) is 1.18. The second-order valence-corrected chi connectivity index (χ2v) is 5.08. The van der Waals surface area contributed by atoms with E-state index in [1.165, 1.54) is 0 Å². The Hall–Kier alpha value is -1.39. The molecule has 4 N–H and O–H groups in total. The zero-order chi connectivity index (χ0) is 13.0. The van der Waals surface area contributed by atoms with Crippen molar-refractivity contribution in [1.29, 1.82) is 0 Å². The molecule has 18 heavy (non-hydrogen) atoms. The molecule has 0 saturated heterocycles. The summed E-state index contributed by atoms with van der Waals surface area (Å²) in [5.74, 6) is -0.00405. The van der Waals surface area contributed by atoms with Crippen molar-refractivity contribution < 1.29 is 9.90 Å². The third kappa shape index (κ3) is 3.09. The van der Waals surface area contributed by atoms with Gasteiger partial charge in [0.1, 0.15) is 0 Å². The Labute approximate surface area is 107 Å². The fourth-order valence-electron chi connectivity index (χ4n) is 2.02. The molecule has 1 amide bonds. The SMILES string of the molecule is NCc1ccccc1CC(=O)NCC1(CO)CC1. The molecule has 0 bridgehead atoms. The molecule has 4 nitrogen and oxygen atoms in total. The first-order valence-electron chi connectivity index (χ1n) is 6.33. The Morgan fingerprint density at radius 3 is 2.56 bits per heavy atom. The number of nitrogens with one attached hydrogen (secondary N) is 1. The minimum Gasteiger partial charge on any atom is -0.396 e. The van der Waals surface area contributed by atoms with E-state index < -0.39 is 0 Å². The Morgan fingerprint density at radius 1 is 1.33 bits per heavy atom. The molecule has 98 valence electrons. The van der Waals surface area contributed by atoms with Crippen molar-refractivity contribution in [1.82, 2.24) is 5.32 Å². The molecule has 0 atom stereocenters. The normalized spacial score (nSPS) is 16.3. The number of benzene rings is 1. The highest BCUT2D eigenvalue weighted by atomic mass is 16.3. The third-order valence-corrected chi connectivity index (χ3v) is 3.64. The molecule has 0 unspecified atom stereocenters. The fraction of sp³-hybridized carbons (Fsp3) is 0.500. The van der Waals surface area contributed by atoms with Crippen LogP contribution in [0, 0.1) is 5.41 Å². The highest BCUT2D eigenvalue weighted by Gasteiger charge is 2.41. The zero-order valence-electron chi connectivity index (χ0n) is 10.5. The summed E-state index contributed by atoms with van der Waals surface area (Å²) >= 11 is 0. The van der Waals surface area contributed by atoms with Crippen LogP contribution in [0.4, 0.5) is 0 Å². The number of aliphatic hydroxyl groups is 1. The Morgan fingerprint density at radius 2 is 2.00 bits per heavy atom. The number of amides is 1. The lowest BCUT2D eigenvalue weighted by atomic mass is 10.0. The number of carbonyl (C=O) groups is 1. The molecule has 1 saturated carbocycles. The second kappa shape index (κ2) is 5.50. The summed E-state index contributed by atoms with van der Waals surface area (Å²) in [6.07, 6.45) is 2.36. The van der Waals surface area contributed by atoms with Crippen LogP contribution in [0.15, 0.2) is 24.3 Å². The van der Waals surface area contributed by atoms with Gasteiger partial charge in [0.2, 0.25) is 5.91 Å². The van der Waals surface area contributed by atoms with E-state index in [1.807, 2.05) is 24.3 Å². The number of nitrogens with two attached hydrogens (primary N) is 1. The maximum Gasteiger partial charge on any atom is 0.224 e. The molecule has 2 rings (SSSR count). The maximum atomic E-state index is 11.8. The highest BCUT2D eigenvalue weighted by molar-refractivity contribution is 5.79. The van der Waals surface area contributed by atoms with Crippen LogP contribution in [0.25, 0.3) is 0 Å². The number of rotatable bonds is 6. The van der Waals surface area contributed by atoms with Gasteiger partial charge in [0.25, 0.3) is 0 Å². The van der Waals surface area contributed by atoms with Crippen LogP contribution in [0.1, 0.15) is 24.0 Å². The lowest BCUT2D eigenvalue weighted by Gasteiger charge is -2.13. The van der Waals surface area contributed by atoms with Crippen LogP contribution < -0.4 is 11.1 Å². The Bertz CT molecular complexity index is 428. The smallest absolute Gasteiger partial charge is 0.224 e. The van der Waals surface area contributed by atoms with Crippen LogP contribution in [0.3, 0.4) is 0 Å². The van der Waals surface area contributed by atoms with Gasteiger partial charge in [0.05, 0.1) is 13.0 Å². The lowest BCUT2D eigenvalue weighted by molar-refractivity contribution is -0.120. The predicted molar refractivity (Wildman–Crippen MR) is 69.8 cm³/mol. The van der Waals surface area contributed by atoms with Gasteiger partial charge in [-0.05, 0) is 24.0 Å². The van der Waals surface area contributed by atoms with E-state index in [0.717, 1.165) is 24.0 Å². The molecular weight excluding hydrogens is 228 g/mol. The molecule has 0 heterocycles. The number of carbonyl (C=O) groups excluding carboxylic acids is 1. The van der Waals surface area contributed by atoms with Crippen molar-refractivity contribution >= 4 is 5.91 Å². The van der Waals surface area contributed by atoms with Gasteiger partial charge in [-0.25, -0.2) is 0 Å². The first-order valence-corrected chi connectivity index (χ1v) is 6.33.